The second-order valence-electron chi connectivity index (χ2n) is 9.97. The van der Waals surface area contributed by atoms with Gasteiger partial charge in [0.2, 0.25) is 0 Å². The van der Waals surface area contributed by atoms with E-state index in [1.165, 1.54) is 0 Å². The van der Waals surface area contributed by atoms with E-state index >= 15 is 0 Å². The normalized spacial score (nSPS) is 16.1. The monoisotopic (exact) mass is 527 g/mol. The molecule has 0 atom stereocenters. The summed E-state index contributed by atoms with van der Waals surface area (Å²) < 4.78 is 18.6. The molecule has 1 N–H and O–H groups in total. The van der Waals surface area contributed by atoms with Crippen molar-refractivity contribution in [3.63, 3.8) is 0 Å². The van der Waals surface area contributed by atoms with E-state index in [0.29, 0.717) is 60.6 Å². The molecule has 39 heavy (non-hydrogen) atoms. The Hall–Kier alpha value is -4.60. The zero-order chi connectivity index (χ0) is 27.1. The first kappa shape index (κ1) is 24.7. The molecular weight excluding hydrogens is 498 g/mol. The van der Waals surface area contributed by atoms with Gasteiger partial charge in [0, 0.05) is 62.6 Å². The van der Waals surface area contributed by atoms with Gasteiger partial charge in [-0.2, -0.15) is 5.10 Å². The highest BCUT2D eigenvalue weighted by molar-refractivity contribution is 5.97. The summed E-state index contributed by atoms with van der Waals surface area (Å²) in [5.74, 6) is 1.57. The fraction of sp³-hybridized carbons (Fsp3) is 0.310. The van der Waals surface area contributed by atoms with E-state index in [4.69, 9.17) is 14.2 Å². The third kappa shape index (κ3) is 4.52. The summed E-state index contributed by atoms with van der Waals surface area (Å²) in [6.45, 7) is 0.929. The molecule has 1 amide bonds. The Morgan fingerprint density at radius 2 is 1.87 bits per heavy atom. The van der Waals surface area contributed by atoms with E-state index in [-0.39, 0.29) is 11.9 Å². The number of ether oxygens (including phenoxy) is 3. The van der Waals surface area contributed by atoms with Gasteiger partial charge in [0.25, 0.3) is 5.91 Å². The van der Waals surface area contributed by atoms with Gasteiger partial charge >= 0.3 is 5.97 Å². The molecule has 2 aliphatic heterocycles. The maximum Gasteiger partial charge on any atom is 0.339 e. The minimum atomic E-state index is -0.622. The summed E-state index contributed by atoms with van der Waals surface area (Å²) in [5, 5.41) is 8.21. The second-order valence-corrected chi connectivity index (χ2v) is 9.97. The molecule has 200 valence electrons. The molecular formula is C29H29N5O5. The number of anilines is 2. The first-order valence-electron chi connectivity index (χ1n) is 12.8. The topological polar surface area (TPSA) is 108 Å². The number of fused-ring (bicyclic) bond motifs is 2. The smallest absolute Gasteiger partial charge is 0.339 e. The molecule has 4 aromatic rings. The Kier molecular flexibility index (Phi) is 6.09. The number of amides is 1. The number of likely N-dealkylation sites (tertiary alicyclic amines) is 1. The zero-order valence-corrected chi connectivity index (χ0v) is 22.1. The van der Waals surface area contributed by atoms with Crippen molar-refractivity contribution in [2.45, 2.75) is 24.9 Å². The number of pyridine rings is 1. The molecule has 2 aliphatic rings. The van der Waals surface area contributed by atoms with Crippen molar-refractivity contribution in [1.82, 2.24) is 19.7 Å². The van der Waals surface area contributed by atoms with Crippen molar-refractivity contribution in [3.05, 3.63) is 71.5 Å². The molecule has 0 saturated carbocycles. The van der Waals surface area contributed by atoms with E-state index in [0.717, 1.165) is 22.5 Å². The molecule has 0 unspecified atom stereocenters. The molecule has 2 aromatic heterocycles. The van der Waals surface area contributed by atoms with E-state index in [9.17, 15) is 9.59 Å². The van der Waals surface area contributed by atoms with Crippen LogP contribution in [0.3, 0.4) is 0 Å². The van der Waals surface area contributed by atoms with Crippen LogP contribution in [0.4, 0.5) is 11.5 Å². The number of aromatic nitrogens is 3. The predicted molar refractivity (Wildman–Crippen MR) is 145 cm³/mol. The maximum absolute atomic E-state index is 13.4. The molecule has 2 aromatic carbocycles. The number of benzene rings is 2. The van der Waals surface area contributed by atoms with Crippen LogP contribution in [0.1, 0.15) is 39.3 Å². The number of rotatable bonds is 5. The lowest BCUT2D eigenvalue weighted by Gasteiger charge is -2.43. The van der Waals surface area contributed by atoms with Crippen molar-refractivity contribution < 1.29 is 23.8 Å². The third-order valence-corrected chi connectivity index (χ3v) is 7.62. The van der Waals surface area contributed by atoms with Gasteiger partial charge < -0.3 is 24.4 Å². The lowest BCUT2D eigenvalue weighted by Crippen LogP contribution is -2.52. The summed E-state index contributed by atoms with van der Waals surface area (Å²) in [5.41, 5.74) is 2.67. The average molecular weight is 528 g/mol. The van der Waals surface area contributed by atoms with Gasteiger partial charge in [-0.25, -0.2) is 9.78 Å². The fourth-order valence-electron chi connectivity index (χ4n) is 5.42. The SMILES string of the molecule is COc1ccc2nc(C(=O)N3CCC4(CC3)Cc3ccc(Nc5ccnn5C)cc3C(=O)O4)cc(OC)c2c1. The largest absolute Gasteiger partial charge is 0.497 e. The highest BCUT2D eigenvalue weighted by Crippen LogP contribution is 2.38. The van der Waals surface area contributed by atoms with Gasteiger partial charge in [0.15, 0.2) is 0 Å². The Morgan fingerprint density at radius 3 is 2.59 bits per heavy atom. The summed E-state index contributed by atoms with van der Waals surface area (Å²) in [7, 11) is 5.02. The molecule has 10 heteroatoms. The number of hydrogen-bond acceptors (Lipinski definition) is 8. The second kappa shape index (κ2) is 9.61. The van der Waals surface area contributed by atoms with E-state index < -0.39 is 5.60 Å². The van der Waals surface area contributed by atoms with Crippen LogP contribution in [0.5, 0.6) is 11.5 Å². The number of esters is 1. The Balaban J connectivity index is 1.17. The number of carbonyl (C=O) groups is 2. The van der Waals surface area contributed by atoms with Gasteiger partial charge in [-0.3, -0.25) is 9.48 Å². The van der Waals surface area contributed by atoms with Gasteiger partial charge in [0.05, 0.1) is 31.5 Å². The number of piperidine rings is 1. The van der Waals surface area contributed by atoms with Gasteiger partial charge in [-0.1, -0.05) is 6.07 Å². The van der Waals surface area contributed by atoms with E-state index in [1.807, 2.05) is 43.4 Å². The molecule has 0 bridgehead atoms. The molecule has 1 saturated heterocycles. The van der Waals surface area contributed by atoms with Crippen molar-refractivity contribution >= 4 is 34.3 Å². The summed E-state index contributed by atoms with van der Waals surface area (Å²) in [4.78, 5) is 32.9. The average Bonchev–Trinajstić information content (AvgIpc) is 3.36. The first-order valence-corrected chi connectivity index (χ1v) is 12.8. The van der Waals surface area contributed by atoms with Crippen LogP contribution >= 0.6 is 0 Å². The van der Waals surface area contributed by atoms with Crippen molar-refractivity contribution in [3.8, 4) is 11.5 Å². The Morgan fingerprint density at radius 1 is 1.05 bits per heavy atom. The minimum Gasteiger partial charge on any atom is -0.497 e. The third-order valence-electron chi connectivity index (χ3n) is 7.62. The van der Waals surface area contributed by atoms with Crippen molar-refractivity contribution in [2.75, 3.05) is 32.6 Å². The zero-order valence-electron chi connectivity index (χ0n) is 22.1. The molecule has 1 fully saturated rings. The highest BCUT2D eigenvalue weighted by Gasteiger charge is 2.43. The number of hydrogen-bond donors (Lipinski definition) is 1. The summed E-state index contributed by atoms with van der Waals surface area (Å²) >= 11 is 0. The lowest BCUT2D eigenvalue weighted by atomic mass is 9.81. The fourth-order valence-corrected chi connectivity index (χ4v) is 5.42. The molecule has 1 spiro atoms. The summed E-state index contributed by atoms with van der Waals surface area (Å²) in [6.07, 6.45) is 3.44. The number of nitrogens with one attached hydrogen (secondary N) is 1. The highest BCUT2D eigenvalue weighted by atomic mass is 16.6. The van der Waals surface area contributed by atoms with E-state index in [1.54, 1.807) is 42.1 Å². The van der Waals surface area contributed by atoms with Gasteiger partial charge in [-0.05, 0) is 35.9 Å². The van der Waals surface area contributed by atoms with Gasteiger partial charge in [0.1, 0.15) is 28.6 Å². The van der Waals surface area contributed by atoms with Crippen molar-refractivity contribution in [2.24, 2.45) is 7.05 Å². The van der Waals surface area contributed by atoms with E-state index in [2.05, 4.69) is 15.4 Å². The van der Waals surface area contributed by atoms with Crippen LogP contribution in [0.15, 0.2) is 54.7 Å². The minimum absolute atomic E-state index is 0.172. The summed E-state index contributed by atoms with van der Waals surface area (Å²) in [6, 6.07) is 14.8. The lowest BCUT2D eigenvalue weighted by molar-refractivity contribution is -0.0527. The molecule has 6 rings (SSSR count). The predicted octanol–water partition coefficient (Wildman–Crippen LogP) is 4.12. The number of carbonyl (C=O) groups excluding carboxylic acids is 2. The van der Waals surface area contributed by atoms with Crippen LogP contribution < -0.4 is 14.8 Å². The molecule has 0 aliphatic carbocycles. The van der Waals surface area contributed by atoms with Gasteiger partial charge in [-0.15, -0.1) is 0 Å². The number of aryl methyl sites for hydroxylation is 1. The maximum atomic E-state index is 13.4. The van der Waals surface area contributed by atoms with Crippen LogP contribution in [-0.2, 0) is 18.2 Å². The quantitative estimate of drug-likeness (QED) is 0.386. The molecule has 4 heterocycles. The van der Waals surface area contributed by atoms with Crippen LogP contribution in [-0.4, -0.2) is 64.5 Å². The van der Waals surface area contributed by atoms with Crippen LogP contribution in [0.25, 0.3) is 10.9 Å². The van der Waals surface area contributed by atoms with Crippen LogP contribution in [0, 0.1) is 0 Å². The Bertz CT molecular complexity index is 1590. The van der Waals surface area contributed by atoms with Crippen molar-refractivity contribution in [1.29, 1.82) is 0 Å². The Labute approximate surface area is 225 Å². The molecule has 10 nitrogen and oxygen atoms in total. The van der Waals surface area contributed by atoms with Crippen LogP contribution in [0.2, 0.25) is 0 Å². The molecule has 0 radical (unpaired) electrons. The number of methoxy groups -OCH3 is 2. The first-order chi connectivity index (χ1) is 18.9. The number of nitrogens with zero attached hydrogens (tertiary/aromatic N) is 4. The standard InChI is InChI=1S/C29H29N5O5/c1-33-26(8-11-30-33)31-19-5-4-18-17-29(39-28(36)21(18)14-19)9-12-34(13-10-29)27(35)24-16-25(38-3)22-15-20(37-2)6-7-23(22)32-24/h4-8,11,14-16,31H,9-10,12-13,17H2,1-3H3.